The molecule has 1 N–H and O–H groups in total. The van der Waals surface area contributed by atoms with Crippen LogP contribution in [0.1, 0.15) is 13.8 Å². The van der Waals surface area contributed by atoms with Gasteiger partial charge in [-0.1, -0.05) is 0 Å². The number of carbonyl (C=O) groups excluding carboxylic acids is 1. The van der Waals surface area contributed by atoms with Gasteiger partial charge in [-0.25, -0.2) is 13.2 Å². The summed E-state index contributed by atoms with van der Waals surface area (Å²) in [6.45, 7) is 2.70. The summed E-state index contributed by atoms with van der Waals surface area (Å²) in [5.41, 5.74) is 0. The predicted molar refractivity (Wildman–Crippen MR) is 68.2 cm³/mol. The van der Waals surface area contributed by atoms with Gasteiger partial charge in [0.2, 0.25) is 5.91 Å². The second-order valence-electron chi connectivity index (χ2n) is 4.81. The van der Waals surface area contributed by atoms with E-state index < -0.39 is 43.8 Å². The molecule has 0 aromatic carbocycles. The fourth-order valence-corrected chi connectivity index (χ4v) is 5.39. The molecule has 0 aromatic rings. The number of sulfone groups is 1. The average molecular weight is 302 g/mol. The van der Waals surface area contributed by atoms with Crippen LogP contribution in [0.2, 0.25) is 0 Å². The maximum Gasteiger partial charge on any atom is 0.328 e. The van der Waals surface area contributed by atoms with Gasteiger partial charge in [-0.3, -0.25) is 4.79 Å². The molecule has 0 spiro atoms. The zero-order valence-corrected chi connectivity index (χ0v) is 14.0. The second-order valence-corrected chi connectivity index (χ2v) is 7.80. The van der Waals surface area contributed by atoms with E-state index in [0.29, 0.717) is 0 Å². The topological polar surface area (TPSA) is 91.8 Å². The SMILES string of the molecule is CC1(C)[C@H](C(=O)O)N2C(=O)[C@@H](CS)[C@H]2S1(=O)=O.[Na]. The monoisotopic (exact) mass is 302 g/mol. The first kappa shape index (κ1) is 16.3. The predicted octanol–water partition coefficient (Wildman–Crippen LogP) is -1.02. The zero-order valence-electron chi connectivity index (χ0n) is 10.3. The van der Waals surface area contributed by atoms with Crippen molar-refractivity contribution >= 4 is 63.9 Å². The Balaban J connectivity index is 0.00000162. The van der Waals surface area contributed by atoms with Crippen LogP contribution in [0.25, 0.3) is 0 Å². The Bertz CT molecular complexity index is 503. The molecule has 2 rings (SSSR count). The third-order valence-corrected chi connectivity index (χ3v) is 6.88. The van der Waals surface area contributed by atoms with Crippen molar-refractivity contribution in [1.29, 1.82) is 0 Å². The van der Waals surface area contributed by atoms with Crippen molar-refractivity contribution in [3.8, 4) is 0 Å². The maximum atomic E-state index is 12.2. The quantitative estimate of drug-likeness (QED) is 0.387. The molecule has 1 radical (unpaired) electrons. The smallest absolute Gasteiger partial charge is 0.328 e. The van der Waals surface area contributed by atoms with Crippen LogP contribution in [0, 0.1) is 5.92 Å². The van der Waals surface area contributed by atoms with Gasteiger partial charge in [0.1, 0.15) is 11.4 Å². The summed E-state index contributed by atoms with van der Waals surface area (Å²) in [6, 6.07) is -1.30. The third kappa shape index (κ3) is 1.69. The summed E-state index contributed by atoms with van der Waals surface area (Å²) in [5, 5.41) is 8.08. The van der Waals surface area contributed by atoms with E-state index in [0.717, 1.165) is 4.90 Å². The van der Waals surface area contributed by atoms with Crippen molar-refractivity contribution in [2.45, 2.75) is 30.0 Å². The van der Waals surface area contributed by atoms with Gasteiger partial charge in [0.15, 0.2) is 9.84 Å². The summed E-state index contributed by atoms with van der Waals surface area (Å²) in [6.07, 6.45) is 0. The minimum absolute atomic E-state index is 0. The molecule has 2 aliphatic heterocycles. The molecule has 0 bridgehead atoms. The first-order chi connectivity index (χ1) is 7.67. The molecule has 0 saturated carbocycles. The van der Waals surface area contributed by atoms with E-state index in [1.807, 2.05) is 0 Å². The molecular weight excluding hydrogens is 289 g/mol. The number of carboxylic acids is 1. The van der Waals surface area contributed by atoms with Crippen LogP contribution in [0.4, 0.5) is 0 Å². The molecule has 2 aliphatic rings. The van der Waals surface area contributed by atoms with E-state index in [2.05, 4.69) is 12.6 Å². The average Bonchev–Trinajstić information content (AvgIpc) is 2.32. The number of aliphatic carboxylic acids is 1. The number of carbonyl (C=O) groups is 2. The Morgan fingerprint density at radius 1 is 1.50 bits per heavy atom. The fraction of sp³-hybridized carbons (Fsp3) is 0.778. The van der Waals surface area contributed by atoms with Crippen molar-refractivity contribution in [3.05, 3.63) is 0 Å². The molecule has 2 fully saturated rings. The maximum absolute atomic E-state index is 12.2. The fourth-order valence-electron chi connectivity index (χ4n) is 2.58. The van der Waals surface area contributed by atoms with E-state index >= 15 is 0 Å². The number of carboxylic acid groups (broad SMARTS) is 1. The van der Waals surface area contributed by atoms with E-state index in [1.165, 1.54) is 13.8 Å². The van der Waals surface area contributed by atoms with Crippen molar-refractivity contribution in [1.82, 2.24) is 4.90 Å². The van der Waals surface area contributed by atoms with Crippen molar-refractivity contribution in [3.63, 3.8) is 0 Å². The largest absolute Gasteiger partial charge is 0.480 e. The van der Waals surface area contributed by atoms with Gasteiger partial charge in [0, 0.05) is 35.3 Å². The molecule has 2 heterocycles. The number of nitrogens with zero attached hydrogens (tertiary/aromatic N) is 1. The van der Waals surface area contributed by atoms with Crippen LogP contribution < -0.4 is 0 Å². The van der Waals surface area contributed by atoms with Crippen molar-refractivity contribution in [2.75, 3.05) is 5.75 Å². The summed E-state index contributed by atoms with van der Waals surface area (Å²) in [5.74, 6) is -2.33. The van der Waals surface area contributed by atoms with E-state index in [1.54, 1.807) is 0 Å². The normalized spacial score (nSPS) is 35.4. The molecule has 6 nitrogen and oxygen atoms in total. The second kappa shape index (κ2) is 4.66. The van der Waals surface area contributed by atoms with E-state index in [9.17, 15) is 18.0 Å². The Labute approximate surface area is 133 Å². The number of hydrogen-bond acceptors (Lipinski definition) is 5. The number of rotatable bonds is 2. The van der Waals surface area contributed by atoms with E-state index in [-0.39, 0.29) is 35.3 Å². The Morgan fingerprint density at radius 2 is 2.00 bits per heavy atom. The number of β-lactam (4-membered cyclic amide) rings is 1. The van der Waals surface area contributed by atoms with Crippen LogP contribution in [0.3, 0.4) is 0 Å². The molecule has 9 heteroatoms. The molecule has 0 aliphatic carbocycles. The molecule has 0 aromatic heterocycles. The van der Waals surface area contributed by atoms with E-state index in [4.69, 9.17) is 5.11 Å². The first-order valence-corrected chi connectivity index (χ1v) is 7.25. The number of amides is 1. The standard InChI is InChI=1S/C9H13NO5S2.Na/c1-9(2)5(8(12)13)10-6(11)4(3-16)7(10)17(9,14)15;/h4-5,7,16H,3H2,1-2H3,(H,12,13);/t4-,5+,7-;/m1./s1. The Morgan fingerprint density at radius 3 is 2.39 bits per heavy atom. The Hall–Kier alpha value is 0.240. The minimum Gasteiger partial charge on any atom is -0.480 e. The van der Waals surface area contributed by atoms with Gasteiger partial charge < -0.3 is 10.0 Å². The first-order valence-electron chi connectivity index (χ1n) is 5.07. The van der Waals surface area contributed by atoms with Gasteiger partial charge in [0.05, 0.1) is 10.7 Å². The molecule has 18 heavy (non-hydrogen) atoms. The minimum atomic E-state index is -3.68. The summed E-state index contributed by atoms with van der Waals surface area (Å²) in [4.78, 5) is 23.8. The molecule has 2 saturated heterocycles. The van der Waals surface area contributed by atoms with Gasteiger partial charge in [0.25, 0.3) is 0 Å². The third-order valence-electron chi connectivity index (χ3n) is 3.61. The van der Waals surface area contributed by atoms with Gasteiger partial charge in [-0.05, 0) is 13.8 Å². The molecule has 0 unspecified atom stereocenters. The zero-order chi connectivity index (χ0) is 13.2. The van der Waals surface area contributed by atoms with Gasteiger partial charge in [-0.2, -0.15) is 12.6 Å². The summed E-state index contributed by atoms with van der Waals surface area (Å²) >= 11 is 3.94. The van der Waals surface area contributed by atoms with Gasteiger partial charge >= 0.3 is 5.97 Å². The summed E-state index contributed by atoms with van der Waals surface area (Å²) < 4.78 is 23.0. The van der Waals surface area contributed by atoms with Crippen LogP contribution in [0.5, 0.6) is 0 Å². The van der Waals surface area contributed by atoms with Crippen molar-refractivity contribution in [2.24, 2.45) is 5.92 Å². The van der Waals surface area contributed by atoms with Gasteiger partial charge in [-0.15, -0.1) is 0 Å². The number of hydrogen-bond donors (Lipinski definition) is 2. The van der Waals surface area contributed by atoms with Crippen LogP contribution in [-0.4, -0.2) is 81.8 Å². The number of fused-ring (bicyclic) bond motifs is 1. The van der Waals surface area contributed by atoms with Crippen molar-refractivity contribution < 1.29 is 23.1 Å². The number of thiol groups is 1. The summed E-state index contributed by atoms with van der Waals surface area (Å²) in [7, 11) is -3.68. The molecule has 1 amide bonds. The van der Waals surface area contributed by atoms with Crippen LogP contribution in [0.15, 0.2) is 0 Å². The molecule has 97 valence electrons. The van der Waals surface area contributed by atoms with Crippen LogP contribution >= 0.6 is 12.6 Å². The van der Waals surface area contributed by atoms with Crippen LogP contribution in [-0.2, 0) is 19.4 Å². The molecule has 3 atom stereocenters. The molecular formula is C9H13NNaO5S2. The Kier molecular flexibility index (Phi) is 4.22.